The summed E-state index contributed by atoms with van der Waals surface area (Å²) in [6, 6.07) is 3.24. The summed E-state index contributed by atoms with van der Waals surface area (Å²) in [5.41, 5.74) is 0.504. The van der Waals surface area contributed by atoms with Gasteiger partial charge in [-0.15, -0.1) is 0 Å². The van der Waals surface area contributed by atoms with Gasteiger partial charge in [0.1, 0.15) is 11.9 Å². The van der Waals surface area contributed by atoms with E-state index in [4.69, 9.17) is 4.74 Å². The van der Waals surface area contributed by atoms with Crippen LogP contribution in [0.25, 0.3) is 0 Å². The lowest BCUT2D eigenvalue weighted by molar-refractivity contribution is -0.0128. The highest BCUT2D eigenvalue weighted by Gasteiger charge is 2.35. The minimum Gasteiger partial charge on any atom is -0.385 e. The molecule has 0 radical (unpaired) electrons. The van der Waals surface area contributed by atoms with E-state index in [9.17, 15) is 9.50 Å². The van der Waals surface area contributed by atoms with Crippen LogP contribution in [0.4, 0.5) is 4.39 Å². The van der Waals surface area contributed by atoms with E-state index in [2.05, 4.69) is 10.3 Å². The summed E-state index contributed by atoms with van der Waals surface area (Å²) in [7, 11) is 0. The van der Waals surface area contributed by atoms with Crippen LogP contribution in [-0.2, 0) is 4.74 Å². The van der Waals surface area contributed by atoms with Gasteiger partial charge in [0.2, 0.25) is 0 Å². The summed E-state index contributed by atoms with van der Waals surface area (Å²) in [4.78, 5) is 3.91. The van der Waals surface area contributed by atoms with Gasteiger partial charge in [-0.2, -0.15) is 0 Å². The first-order valence-corrected chi connectivity index (χ1v) is 7.37. The number of halogens is 1. The van der Waals surface area contributed by atoms with Crippen LogP contribution in [0.15, 0.2) is 18.3 Å². The van der Waals surface area contributed by atoms with Gasteiger partial charge in [0, 0.05) is 19.2 Å². The summed E-state index contributed by atoms with van der Waals surface area (Å²) < 4.78 is 18.6. The van der Waals surface area contributed by atoms with E-state index in [1.54, 1.807) is 0 Å². The number of aliphatic hydroxyl groups is 1. The van der Waals surface area contributed by atoms with E-state index in [1.165, 1.54) is 25.0 Å². The van der Waals surface area contributed by atoms with Crippen molar-refractivity contribution in [2.45, 2.75) is 43.9 Å². The smallest absolute Gasteiger partial charge is 0.141 e. The third kappa shape index (κ3) is 3.53. The van der Waals surface area contributed by atoms with Crippen LogP contribution in [0.2, 0.25) is 0 Å². The molecule has 20 heavy (non-hydrogen) atoms. The summed E-state index contributed by atoms with van der Waals surface area (Å²) in [6.07, 6.45) is 5.41. The van der Waals surface area contributed by atoms with Crippen molar-refractivity contribution in [2.75, 3.05) is 13.2 Å². The molecule has 110 valence electrons. The lowest BCUT2D eigenvalue weighted by Gasteiger charge is -2.31. The number of hydrogen-bond donors (Lipinski definition) is 2. The van der Waals surface area contributed by atoms with Crippen molar-refractivity contribution in [3.63, 3.8) is 0 Å². The first kappa shape index (κ1) is 13.9. The number of aromatic nitrogens is 1. The minimum absolute atomic E-state index is 0.384. The van der Waals surface area contributed by atoms with Crippen LogP contribution >= 0.6 is 0 Å². The number of rotatable bonds is 5. The summed E-state index contributed by atoms with van der Waals surface area (Å²) in [5, 5.41) is 13.4. The van der Waals surface area contributed by atoms with Crippen molar-refractivity contribution in [1.29, 1.82) is 0 Å². The molecule has 4 nitrogen and oxygen atoms in total. The molecule has 5 heteroatoms. The largest absolute Gasteiger partial charge is 0.385 e. The quantitative estimate of drug-likeness (QED) is 0.863. The highest BCUT2D eigenvalue weighted by molar-refractivity contribution is 5.08. The number of pyridine rings is 1. The third-order valence-electron chi connectivity index (χ3n) is 4.15. The molecule has 2 aliphatic rings. The highest BCUT2D eigenvalue weighted by Crippen LogP contribution is 2.38. The van der Waals surface area contributed by atoms with E-state index in [0.717, 1.165) is 31.6 Å². The molecular weight excluding hydrogens is 259 g/mol. The molecule has 3 atom stereocenters. The Morgan fingerprint density at radius 2 is 2.25 bits per heavy atom. The first-order chi connectivity index (χ1) is 9.72. The number of ether oxygens (including phenoxy) is 1. The van der Waals surface area contributed by atoms with E-state index >= 15 is 0 Å². The molecule has 1 saturated carbocycles. The second kappa shape index (κ2) is 6.16. The number of nitrogens with zero attached hydrogens (tertiary/aromatic N) is 1. The number of hydrogen-bond acceptors (Lipinski definition) is 4. The summed E-state index contributed by atoms with van der Waals surface area (Å²) >= 11 is 0. The Bertz CT molecular complexity index is 436. The van der Waals surface area contributed by atoms with Crippen molar-refractivity contribution in [3.05, 3.63) is 29.8 Å². The maximum atomic E-state index is 12.8. The highest BCUT2D eigenvalue weighted by atomic mass is 19.1. The average Bonchev–Trinajstić information content (AvgIpc) is 3.30. The first-order valence-electron chi connectivity index (χ1n) is 7.37. The summed E-state index contributed by atoms with van der Waals surface area (Å²) in [6.45, 7) is 1.24. The van der Waals surface area contributed by atoms with Gasteiger partial charge in [-0.05, 0) is 43.7 Å². The molecule has 0 spiro atoms. The summed E-state index contributed by atoms with van der Waals surface area (Å²) in [5.74, 6) is 0.369. The van der Waals surface area contributed by atoms with Crippen LogP contribution in [0, 0.1) is 11.7 Å². The van der Waals surface area contributed by atoms with Crippen LogP contribution in [0.3, 0.4) is 0 Å². The van der Waals surface area contributed by atoms with Crippen LogP contribution in [0.5, 0.6) is 0 Å². The molecule has 0 bridgehead atoms. The van der Waals surface area contributed by atoms with E-state index in [0.29, 0.717) is 24.4 Å². The van der Waals surface area contributed by atoms with Crippen LogP contribution in [-0.4, -0.2) is 35.4 Å². The van der Waals surface area contributed by atoms with Gasteiger partial charge in [0.15, 0.2) is 0 Å². The van der Waals surface area contributed by atoms with Crippen LogP contribution in [0.1, 0.15) is 37.5 Å². The molecule has 0 aromatic carbocycles. The van der Waals surface area contributed by atoms with Gasteiger partial charge in [0.25, 0.3) is 0 Å². The van der Waals surface area contributed by atoms with E-state index in [-0.39, 0.29) is 5.82 Å². The fourth-order valence-electron chi connectivity index (χ4n) is 2.78. The zero-order valence-corrected chi connectivity index (χ0v) is 11.5. The molecule has 1 aromatic heterocycles. The maximum Gasteiger partial charge on any atom is 0.141 e. The molecule has 2 fully saturated rings. The zero-order valence-electron chi connectivity index (χ0n) is 11.5. The normalized spacial score (nSPS) is 28.3. The standard InChI is InChI=1S/C15H21FN2O2/c16-11-3-4-13(18-8-11)14(19)9-17-12-5-6-20-15(7-12)10-1-2-10/h3-4,8,10,12,14-15,17,19H,1-2,5-7,9H2. The Balaban J connectivity index is 1.47. The Morgan fingerprint density at radius 3 is 2.95 bits per heavy atom. The third-order valence-corrected chi connectivity index (χ3v) is 4.15. The molecule has 1 aliphatic carbocycles. The lowest BCUT2D eigenvalue weighted by atomic mass is 10.00. The van der Waals surface area contributed by atoms with Gasteiger partial charge in [-0.25, -0.2) is 4.39 Å². The van der Waals surface area contributed by atoms with Gasteiger partial charge >= 0.3 is 0 Å². The molecule has 1 saturated heterocycles. The van der Waals surface area contributed by atoms with Gasteiger partial charge in [0.05, 0.1) is 18.0 Å². The van der Waals surface area contributed by atoms with E-state index < -0.39 is 6.10 Å². The van der Waals surface area contributed by atoms with Crippen molar-refractivity contribution in [1.82, 2.24) is 10.3 Å². The Kier molecular flexibility index (Phi) is 4.29. The van der Waals surface area contributed by atoms with Crippen molar-refractivity contribution >= 4 is 0 Å². The predicted molar refractivity (Wildman–Crippen MR) is 72.6 cm³/mol. The Labute approximate surface area is 118 Å². The molecule has 2 N–H and O–H groups in total. The Morgan fingerprint density at radius 1 is 1.40 bits per heavy atom. The fraction of sp³-hybridized carbons (Fsp3) is 0.667. The molecule has 0 amide bonds. The monoisotopic (exact) mass is 280 g/mol. The minimum atomic E-state index is -0.696. The zero-order chi connectivity index (χ0) is 13.9. The van der Waals surface area contributed by atoms with Crippen molar-refractivity contribution in [3.8, 4) is 0 Å². The van der Waals surface area contributed by atoms with Crippen LogP contribution < -0.4 is 5.32 Å². The maximum absolute atomic E-state index is 12.8. The molecular formula is C15H21FN2O2. The SMILES string of the molecule is OC(CNC1CCOC(C2CC2)C1)c1ccc(F)cn1. The molecule has 3 unspecified atom stereocenters. The van der Waals surface area contributed by atoms with Gasteiger partial charge in [-0.1, -0.05) is 0 Å². The lowest BCUT2D eigenvalue weighted by Crippen LogP contribution is -2.41. The molecule has 1 aliphatic heterocycles. The number of nitrogens with one attached hydrogen (secondary N) is 1. The fourth-order valence-corrected chi connectivity index (χ4v) is 2.78. The van der Waals surface area contributed by atoms with E-state index in [1.807, 2.05) is 0 Å². The second-order valence-electron chi connectivity index (χ2n) is 5.79. The topological polar surface area (TPSA) is 54.4 Å². The molecule has 3 rings (SSSR count). The van der Waals surface area contributed by atoms with Crippen molar-refractivity contribution < 1.29 is 14.2 Å². The molecule has 1 aromatic rings. The number of aliphatic hydroxyl groups excluding tert-OH is 1. The second-order valence-corrected chi connectivity index (χ2v) is 5.79. The average molecular weight is 280 g/mol. The van der Waals surface area contributed by atoms with Crippen molar-refractivity contribution in [2.24, 2.45) is 5.92 Å². The molecule has 2 heterocycles. The predicted octanol–water partition coefficient (Wildman–Crippen LogP) is 1.80. The van der Waals surface area contributed by atoms with Gasteiger partial charge < -0.3 is 15.2 Å². The van der Waals surface area contributed by atoms with Gasteiger partial charge in [-0.3, -0.25) is 4.98 Å². The Hall–Kier alpha value is -1.04.